The molecule has 0 aliphatic heterocycles. The first-order valence-electron chi connectivity index (χ1n) is 3.81. The summed E-state index contributed by atoms with van der Waals surface area (Å²) in [4.78, 5) is 13.4. The summed E-state index contributed by atoms with van der Waals surface area (Å²) in [6, 6.07) is 2.02. The highest BCUT2D eigenvalue weighted by Crippen LogP contribution is 2.17. The van der Waals surface area contributed by atoms with Crippen LogP contribution in [0, 0.1) is 5.95 Å². The third-order valence-corrected chi connectivity index (χ3v) is 1.42. The lowest BCUT2D eigenvalue weighted by molar-refractivity contribution is -0.136. The number of hydrogen-bond acceptors (Lipinski definition) is 3. The first-order valence-corrected chi connectivity index (χ1v) is 3.81. The van der Waals surface area contributed by atoms with Gasteiger partial charge >= 0.3 is 12.6 Å². The van der Waals surface area contributed by atoms with E-state index in [2.05, 4.69) is 9.72 Å². The van der Waals surface area contributed by atoms with Crippen LogP contribution >= 0.6 is 0 Å². The molecule has 0 fully saturated rings. The second kappa shape index (κ2) is 4.63. The number of carbonyl (C=O) groups is 1. The molecule has 1 rings (SSSR count). The molecule has 0 saturated heterocycles. The van der Waals surface area contributed by atoms with Crippen LogP contribution in [0.2, 0.25) is 0 Å². The standard InChI is InChI=1S/C8H6F3NO3/c9-7-5(15-8(10)11)2-1-4(12-7)3-6(13)14/h1-2,8H,3H2,(H,13,14). The van der Waals surface area contributed by atoms with Crippen LogP contribution in [0.3, 0.4) is 0 Å². The Hall–Kier alpha value is -1.79. The smallest absolute Gasteiger partial charge is 0.387 e. The average molecular weight is 221 g/mol. The molecule has 7 heteroatoms. The predicted octanol–water partition coefficient (Wildman–Crippen LogP) is 1.45. The molecule has 0 aliphatic rings. The van der Waals surface area contributed by atoms with Crippen molar-refractivity contribution < 1.29 is 27.8 Å². The Kier molecular flexibility index (Phi) is 3.48. The number of halogens is 3. The summed E-state index contributed by atoms with van der Waals surface area (Å²) in [5.74, 6) is -3.15. The Morgan fingerprint density at radius 2 is 2.20 bits per heavy atom. The summed E-state index contributed by atoms with van der Waals surface area (Å²) in [7, 11) is 0. The summed E-state index contributed by atoms with van der Waals surface area (Å²) in [5.41, 5.74) is -0.0679. The largest absolute Gasteiger partial charge is 0.481 e. The van der Waals surface area contributed by atoms with E-state index < -0.39 is 30.7 Å². The molecule has 0 radical (unpaired) electrons. The van der Waals surface area contributed by atoms with Crippen molar-refractivity contribution in [3.8, 4) is 5.75 Å². The van der Waals surface area contributed by atoms with Gasteiger partial charge in [0.1, 0.15) is 0 Å². The molecular formula is C8H6F3NO3. The first-order chi connectivity index (χ1) is 6.99. The van der Waals surface area contributed by atoms with Crippen LogP contribution in [0.1, 0.15) is 5.69 Å². The Balaban J connectivity index is 2.83. The van der Waals surface area contributed by atoms with Crippen LogP contribution in [0.4, 0.5) is 13.2 Å². The van der Waals surface area contributed by atoms with E-state index in [0.29, 0.717) is 0 Å². The Morgan fingerprint density at radius 1 is 1.53 bits per heavy atom. The van der Waals surface area contributed by atoms with Gasteiger partial charge in [0.25, 0.3) is 5.95 Å². The highest BCUT2D eigenvalue weighted by Gasteiger charge is 2.12. The molecule has 0 atom stereocenters. The Morgan fingerprint density at radius 3 is 2.67 bits per heavy atom. The molecule has 0 unspecified atom stereocenters. The number of pyridine rings is 1. The van der Waals surface area contributed by atoms with E-state index in [1.54, 1.807) is 0 Å². The lowest BCUT2D eigenvalue weighted by Crippen LogP contribution is -2.07. The van der Waals surface area contributed by atoms with Gasteiger partial charge in [0.05, 0.1) is 12.1 Å². The summed E-state index contributed by atoms with van der Waals surface area (Å²) in [5, 5.41) is 8.36. The van der Waals surface area contributed by atoms with Gasteiger partial charge in [-0.3, -0.25) is 4.79 Å². The van der Waals surface area contributed by atoms with Crippen LogP contribution < -0.4 is 4.74 Å². The van der Waals surface area contributed by atoms with Gasteiger partial charge in [-0.1, -0.05) is 0 Å². The second-order valence-electron chi connectivity index (χ2n) is 2.54. The van der Waals surface area contributed by atoms with Gasteiger partial charge in [-0.2, -0.15) is 13.2 Å². The average Bonchev–Trinajstić information content (AvgIpc) is 2.08. The number of aromatic nitrogens is 1. The molecule has 0 saturated carbocycles. The van der Waals surface area contributed by atoms with Crippen LogP contribution in [-0.2, 0) is 11.2 Å². The van der Waals surface area contributed by atoms with Crippen LogP contribution in [0.25, 0.3) is 0 Å². The molecular weight excluding hydrogens is 215 g/mol. The Labute approximate surface area is 82.3 Å². The number of carboxylic acid groups (broad SMARTS) is 1. The fraction of sp³-hybridized carbons (Fsp3) is 0.250. The monoisotopic (exact) mass is 221 g/mol. The van der Waals surface area contributed by atoms with Crippen LogP contribution in [0.5, 0.6) is 5.75 Å². The maximum Gasteiger partial charge on any atom is 0.387 e. The second-order valence-corrected chi connectivity index (χ2v) is 2.54. The van der Waals surface area contributed by atoms with Gasteiger partial charge in [0.2, 0.25) is 0 Å². The minimum absolute atomic E-state index is 0.0679. The minimum atomic E-state index is -3.15. The maximum atomic E-state index is 12.9. The molecule has 82 valence electrons. The molecule has 15 heavy (non-hydrogen) atoms. The SMILES string of the molecule is O=C(O)Cc1ccc(OC(F)F)c(F)n1. The molecule has 1 aromatic rings. The normalized spacial score (nSPS) is 10.4. The highest BCUT2D eigenvalue weighted by atomic mass is 19.3. The molecule has 0 aliphatic carbocycles. The fourth-order valence-corrected chi connectivity index (χ4v) is 0.896. The van der Waals surface area contributed by atoms with Gasteiger partial charge in [-0.15, -0.1) is 0 Å². The van der Waals surface area contributed by atoms with Crippen molar-refractivity contribution in [1.82, 2.24) is 4.98 Å². The molecule has 1 N–H and O–H groups in total. The summed E-state index contributed by atoms with van der Waals surface area (Å²) in [6.07, 6.45) is -0.480. The van der Waals surface area contributed by atoms with Crippen molar-refractivity contribution in [2.45, 2.75) is 13.0 Å². The first kappa shape index (κ1) is 11.3. The zero-order valence-electron chi connectivity index (χ0n) is 7.28. The predicted molar refractivity (Wildman–Crippen MR) is 42.2 cm³/mol. The number of ether oxygens (including phenoxy) is 1. The Bertz CT molecular complexity index is 370. The van der Waals surface area contributed by atoms with E-state index in [-0.39, 0.29) is 5.69 Å². The fourth-order valence-electron chi connectivity index (χ4n) is 0.896. The summed E-state index contributed by atoms with van der Waals surface area (Å²) >= 11 is 0. The number of hydrogen-bond donors (Lipinski definition) is 1. The number of alkyl halides is 2. The molecule has 0 aromatic carbocycles. The van der Waals surface area contributed by atoms with E-state index in [9.17, 15) is 18.0 Å². The van der Waals surface area contributed by atoms with Gasteiger partial charge < -0.3 is 9.84 Å². The molecule has 0 bridgehead atoms. The highest BCUT2D eigenvalue weighted by molar-refractivity contribution is 5.69. The van der Waals surface area contributed by atoms with Gasteiger partial charge in [0.15, 0.2) is 5.75 Å². The topological polar surface area (TPSA) is 59.4 Å². The number of rotatable bonds is 4. The molecule has 0 spiro atoms. The van der Waals surface area contributed by atoms with Crippen molar-refractivity contribution in [1.29, 1.82) is 0 Å². The van der Waals surface area contributed by atoms with Crippen molar-refractivity contribution >= 4 is 5.97 Å². The summed E-state index contributed by atoms with van der Waals surface area (Å²) < 4.78 is 40.1. The molecule has 1 aromatic heterocycles. The number of nitrogens with zero attached hydrogens (tertiary/aromatic N) is 1. The third kappa shape index (κ3) is 3.45. The molecule has 0 amide bonds. The van der Waals surface area contributed by atoms with Crippen molar-refractivity contribution in [3.63, 3.8) is 0 Å². The van der Waals surface area contributed by atoms with Gasteiger partial charge in [0, 0.05) is 0 Å². The molecule has 1 heterocycles. The van der Waals surface area contributed by atoms with E-state index in [4.69, 9.17) is 5.11 Å². The van der Waals surface area contributed by atoms with E-state index in [0.717, 1.165) is 12.1 Å². The van der Waals surface area contributed by atoms with E-state index in [1.807, 2.05) is 0 Å². The third-order valence-electron chi connectivity index (χ3n) is 1.42. The maximum absolute atomic E-state index is 12.9. The number of aliphatic carboxylic acids is 1. The quantitative estimate of drug-likeness (QED) is 0.781. The number of carboxylic acids is 1. The van der Waals surface area contributed by atoms with Crippen LogP contribution in [0.15, 0.2) is 12.1 Å². The van der Waals surface area contributed by atoms with Crippen molar-refractivity contribution in [2.75, 3.05) is 0 Å². The van der Waals surface area contributed by atoms with E-state index >= 15 is 0 Å². The van der Waals surface area contributed by atoms with E-state index in [1.165, 1.54) is 0 Å². The zero-order chi connectivity index (χ0) is 11.4. The minimum Gasteiger partial charge on any atom is -0.481 e. The van der Waals surface area contributed by atoms with Crippen LogP contribution in [-0.4, -0.2) is 22.7 Å². The zero-order valence-corrected chi connectivity index (χ0v) is 7.28. The summed E-state index contributed by atoms with van der Waals surface area (Å²) in [6.45, 7) is -3.15. The van der Waals surface area contributed by atoms with Crippen molar-refractivity contribution in [3.05, 3.63) is 23.8 Å². The van der Waals surface area contributed by atoms with Gasteiger partial charge in [-0.05, 0) is 12.1 Å². The lowest BCUT2D eigenvalue weighted by atomic mass is 10.3. The lowest BCUT2D eigenvalue weighted by Gasteiger charge is -2.05. The molecule has 4 nitrogen and oxygen atoms in total. The van der Waals surface area contributed by atoms with Gasteiger partial charge in [-0.25, -0.2) is 4.98 Å². The van der Waals surface area contributed by atoms with Crippen molar-refractivity contribution in [2.24, 2.45) is 0 Å².